The number of hydrogen-bond acceptors (Lipinski definition) is 14. The standard InChI is InChI=1S/C34H29N9O7S2/c35-23-11-12-26(25(36)19-23)39-42-34(15-13-21(14-16-34)20-7-3-1-4-8-20)43-41-31-27(51(45,46)47)17-22-18-28(52(48,49)50)32(33(44)29(22)30(31)37)40-38-24-9-5-2-6-10-24/h1-19,21,44H,35-37H2,(H,45,46,47)(H,48,49,50). The zero-order valence-electron chi connectivity index (χ0n) is 26.8. The van der Waals surface area contributed by atoms with Crippen molar-refractivity contribution in [3.05, 3.63) is 121 Å². The van der Waals surface area contributed by atoms with Crippen molar-refractivity contribution in [2.45, 2.75) is 21.4 Å². The summed E-state index contributed by atoms with van der Waals surface area (Å²) >= 11 is 0. The summed E-state index contributed by atoms with van der Waals surface area (Å²) in [6.45, 7) is 0. The van der Waals surface area contributed by atoms with Gasteiger partial charge in [0.2, 0.25) is 5.66 Å². The number of allylic oxidation sites excluding steroid dienone is 2. The predicted octanol–water partition coefficient (Wildman–Crippen LogP) is 7.67. The SMILES string of the molecule is Nc1ccc(N=NC2(N=Nc3c(S(=O)(=O)O)cc4cc(S(=O)(=O)O)c(N=Nc5ccccc5)c(O)c4c3N)C=CC(c3ccccc3)C=C2)c(N)c1. The smallest absolute Gasteiger partial charge is 0.296 e. The van der Waals surface area contributed by atoms with E-state index in [0.29, 0.717) is 5.69 Å². The molecule has 0 atom stereocenters. The van der Waals surface area contributed by atoms with E-state index in [0.717, 1.165) is 17.7 Å². The summed E-state index contributed by atoms with van der Waals surface area (Å²) < 4.78 is 70.4. The molecule has 1 aliphatic rings. The van der Waals surface area contributed by atoms with Crippen molar-refractivity contribution >= 4 is 70.8 Å². The zero-order chi connectivity index (χ0) is 37.3. The van der Waals surface area contributed by atoms with Crippen LogP contribution in [-0.2, 0) is 20.2 Å². The molecule has 1 aliphatic carbocycles. The molecule has 0 unspecified atom stereocenters. The lowest BCUT2D eigenvalue weighted by atomic mass is 9.91. The molecule has 0 amide bonds. The van der Waals surface area contributed by atoms with Crippen LogP contribution in [0, 0.1) is 0 Å². The van der Waals surface area contributed by atoms with Crippen LogP contribution in [0.2, 0.25) is 0 Å². The van der Waals surface area contributed by atoms with E-state index in [9.17, 15) is 31.0 Å². The van der Waals surface area contributed by atoms with Gasteiger partial charge in [-0.25, -0.2) is 0 Å². The third-order valence-corrected chi connectivity index (χ3v) is 9.59. The van der Waals surface area contributed by atoms with Crippen LogP contribution in [-0.4, -0.2) is 36.7 Å². The summed E-state index contributed by atoms with van der Waals surface area (Å²) in [7, 11) is -10.2. The molecule has 0 aromatic heterocycles. The van der Waals surface area contributed by atoms with Crippen LogP contribution in [0.4, 0.5) is 39.8 Å². The molecular weight excluding hydrogens is 711 g/mol. The molecule has 18 heteroatoms. The van der Waals surface area contributed by atoms with Crippen molar-refractivity contribution < 1.29 is 31.0 Å². The monoisotopic (exact) mass is 739 g/mol. The lowest BCUT2D eigenvalue weighted by Gasteiger charge is -2.22. The third-order valence-electron chi connectivity index (χ3n) is 7.85. The van der Waals surface area contributed by atoms with Crippen LogP contribution >= 0.6 is 0 Å². The summed E-state index contributed by atoms with van der Waals surface area (Å²) in [6.07, 6.45) is 6.68. The first-order valence-corrected chi connectivity index (χ1v) is 18.0. The fourth-order valence-corrected chi connectivity index (χ4v) is 6.62. The number of benzene rings is 5. The molecule has 0 saturated carbocycles. The van der Waals surface area contributed by atoms with Crippen LogP contribution < -0.4 is 17.2 Å². The second-order valence-corrected chi connectivity index (χ2v) is 14.2. The maximum Gasteiger partial charge on any atom is 0.296 e. The maximum atomic E-state index is 12.7. The van der Waals surface area contributed by atoms with E-state index in [1.54, 1.807) is 60.7 Å². The number of nitrogens with zero attached hydrogens (tertiary/aromatic N) is 6. The Balaban J connectivity index is 1.54. The summed E-state index contributed by atoms with van der Waals surface area (Å²) in [5, 5.41) is 35.6. The van der Waals surface area contributed by atoms with Gasteiger partial charge in [0.1, 0.15) is 26.9 Å². The van der Waals surface area contributed by atoms with Crippen molar-refractivity contribution in [1.29, 1.82) is 0 Å². The minimum absolute atomic E-state index is 0.196. The molecule has 0 radical (unpaired) electrons. The van der Waals surface area contributed by atoms with Crippen molar-refractivity contribution in [2.75, 3.05) is 17.2 Å². The van der Waals surface area contributed by atoms with Crippen molar-refractivity contribution in [3.63, 3.8) is 0 Å². The Morgan fingerprint density at radius 3 is 1.83 bits per heavy atom. The first-order valence-electron chi connectivity index (χ1n) is 15.1. The Morgan fingerprint density at radius 2 is 1.23 bits per heavy atom. The fourth-order valence-electron chi connectivity index (χ4n) is 5.30. The van der Waals surface area contributed by atoms with E-state index in [4.69, 9.17) is 17.2 Å². The van der Waals surface area contributed by atoms with Gasteiger partial charge in [-0.05, 0) is 65.6 Å². The predicted molar refractivity (Wildman–Crippen MR) is 195 cm³/mol. The lowest BCUT2D eigenvalue weighted by Crippen LogP contribution is -2.19. The Bertz CT molecular complexity index is 2560. The van der Waals surface area contributed by atoms with Crippen LogP contribution in [0.5, 0.6) is 5.75 Å². The largest absolute Gasteiger partial charge is 0.505 e. The number of aromatic hydroxyl groups is 1. The average Bonchev–Trinajstić information content (AvgIpc) is 3.10. The molecule has 5 aromatic carbocycles. The number of phenolic OH excluding ortho intramolecular Hbond substituents is 1. The molecule has 0 bridgehead atoms. The number of nitrogens with two attached hydrogens (primary N) is 3. The highest BCUT2D eigenvalue weighted by Crippen LogP contribution is 2.48. The van der Waals surface area contributed by atoms with Gasteiger partial charge in [0, 0.05) is 11.6 Å². The minimum Gasteiger partial charge on any atom is -0.505 e. The summed E-state index contributed by atoms with van der Waals surface area (Å²) in [4.78, 5) is -1.82. The van der Waals surface area contributed by atoms with Crippen molar-refractivity contribution in [2.24, 2.45) is 30.7 Å². The maximum absolute atomic E-state index is 12.7. The number of phenols is 1. The molecule has 0 saturated heterocycles. The number of fused-ring (bicyclic) bond motifs is 1. The molecular formula is C34H29N9O7S2. The molecule has 0 aliphatic heterocycles. The highest BCUT2D eigenvalue weighted by Gasteiger charge is 2.31. The fraction of sp³-hybridized carbons (Fsp3) is 0.0588. The Kier molecular flexibility index (Phi) is 9.39. The van der Waals surface area contributed by atoms with E-state index >= 15 is 0 Å². The average molecular weight is 740 g/mol. The number of azo groups is 3. The molecule has 52 heavy (non-hydrogen) atoms. The molecule has 0 spiro atoms. The topological polar surface area (TPSA) is 281 Å². The Hall–Kier alpha value is -6.34. The molecule has 0 fully saturated rings. The molecule has 5 aromatic rings. The van der Waals surface area contributed by atoms with Crippen LogP contribution in [0.25, 0.3) is 10.8 Å². The Morgan fingerprint density at radius 1 is 0.654 bits per heavy atom. The molecule has 264 valence electrons. The van der Waals surface area contributed by atoms with Gasteiger partial charge in [-0.3, -0.25) is 9.11 Å². The second-order valence-electron chi connectivity index (χ2n) is 11.4. The van der Waals surface area contributed by atoms with Crippen LogP contribution in [0.1, 0.15) is 11.5 Å². The minimum atomic E-state index is -5.14. The lowest BCUT2D eigenvalue weighted by molar-refractivity contribution is 0.472. The first kappa shape index (κ1) is 35.5. The van der Waals surface area contributed by atoms with Gasteiger partial charge in [-0.2, -0.15) is 27.1 Å². The first-order chi connectivity index (χ1) is 24.6. The highest BCUT2D eigenvalue weighted by atomic mass is 32.2. The van der Waals surface area contributed by atoms with E-state index in [1.165, 1.54) is 12.1 Å². The van der Waals surface area contributed by atoms with E-state index in [-0.39, 0.29) is 33.8 Å². The molecule has 9 N–H and O–H groups in total. The van der Waals surface area contributed by atoms with E-state index < -0.39 is 58.5 Å². The van der Waals surface area contributed by atoms with Crippen LogP contribution in [0.3, 0.4) is 0 Å². The van der Waals surface area contributed by atoms with Crippen LogP contribution in [0.15, 0.2) is 156 Å². The molecule has 16 nitrogen and oxygen atoms in total. The summed E-state index contributed by atoms with van der Waals surface area (Å²) in [5.74, 6) is -1.09. The molecule has 0 heterocycles. The number of nitrogen functional groups attached to an aromatic ring is 3. The van der Waals surface area contributed by atoms with Crippen molar-refractivity contribution in [3.8, 4) is 5.75 Å². The van der Waals surface area contributed by atoms with Gasteiger partial charge in [0.25, 0.3) is 20.2 Å². The second kappa shape index (κ2) is 13.8. The highest BCUT2D eigenvalue weighted by molar-refractivity contribution is 7.86. The summed E-state index contributed by atoms with van der Waals surface area (Å²) in [5.41, 5.74) is 16.8. The third kappa shape index (κ3) is 7.39. The van der Waals surface area contributed by atoms with Gasteiger partial charge >= 0.3 is 0 Å². The number of rotatable bonds is 9. The normalized spacial score (nSPS) is 17.9. The molecule has 6 rings (SSSR count). The Labute approximate surface area is 297 Å². The van der Waals surface area contributed by atoms with E-state index in [2.05, 4.69) is 30.7 Å². The van der Waals surface area contributed by atoms with Gasteiger partial charge < -0.3 is 22.3 Å². The quantitative estimate of drug-likeness (QED) is 0.0371. The number of anilines is 3. The van der Waals surface area contributed by atoms with Gasteiger partial charge in [0.05, 0.1) is 22.4 Å². The number of hydrogen-bond donors (Lipinski definition) is 6. The summed E-state index contributed by atoms with van der Waals surface area (Å²) in [6, 6.07) is 23.8. The van der Waals surface area contributed by atoms with Crippen molar-refractivity contribution in [1.82, 2.24) is 0 Å². The van der Waals surface area contributed by atoms with E-state index in [1.807, 2.05) is 30.3 Å². The zero-order valence-corrected chi connectivity index (χ0v) is 28.4. The van der Waals surface area contributed by atoms with Gasteiger partial charge in [-0.1, -0.05) is 60.7 Å². The van der Waals surface area contributed by atoms with Gasteiger partial charge in [0.15, 0.2) is 5.75 Å². The van der Waals surface area contributed by atoms with Gasteiger partial charge in [-0.15, -0.1) is 20.5 Å².